The molecule has 1 atom stereocenters. The lowest BCUT2D eigenvalue weighted by molar-refractivity contribution is -0.172. The van der Waals surface area contributed by atoms with E-state index in [1.165, 1.54) is 11.5 Å². The second-order valence-corrected chi connectivity index (χ2v) is 8.98. The number of aryl methyl sites for hydroxylation is 1. The van der Waals surface area contributed by atoms with Gasteiger partial charge in [-0.2, -0.15) is 0 Å². The molecule has 1 N–H and O–H groups in total. The number of rotatable bonds is 1. The monoisotopic (exact) mass is 456 g/mol. The average Bonchev–Trinajstić information content (AvgIpc) is 3.14. The number of esters is 1. The van der Waals surface area contributed by atoms with Crippen LogP contribution in [-0.4, -0.2) is 20.6 Å². The van der Waals surface area contributed by atoms with E-state index in [1.807, 2.05) is 0 Å². The van der Waals surface area contributed by atoms with Crippen molar-refractivity contribution in [2.75, 3.05) is 0 Å². The van der Waals surface area contributed by atoms with Gasteiger partial charge in [-0.05, 0) is 37.0 Å². The average molecular weight is 456 g/mol. The van der Waals surface area contributed by atoms with Gasteiger partial charge in [0.2, 0.25) is 0 Å². The first-order valence-electron chi connectivity index (χ1n) is 10.8. The van der Waals surface area contributed by atoms with Gasteiger partial charge >= 0.3 is 5.97 Å². The summed E-state index contributed by atoms with van der Waals surface area (Å²) in [7, 11) is 0. The van der Waals surface area contributed by atoms with Gasteiger partial charge in [0.25, 0.3) is 11.5 Å². The van der Waals surface area contributed by atoms with Crippen LogP contribution in [0.3, 0.4) is 0 Å². The number of aliphatic hydroxyl groups is 1. The quantitative estimate of drug-likeness (QED) is 0.443. The van der Waals surface area contributed by atoms with Crippen molar-refractivity contribution in [3.05, 3.63) is 61.7 Å². The number of aromatic nitrogens is 2. The van der Waals surface area contributed by atoms with Crippen LogP contribution in [0.2, 0.25) is 0 Å². The van der Waals surface area contributed by atoms with E-state index in [2.05, 4.69) is 4.98 Å². The fraction of sp³-hybridized carbons (Fsp3) is 0.375. The molecular weight excluding hydrogens is 437 g/mol. The normalized spacial score (nSPS) is 22.1. The summed E-state index contributed by atoms with van der Waals surface area (Å²) in [5, 5.41) is 11.2. The van der Waals surface area contributed by atoms with Crippen molar-refractivity contribution in [2.45, 2.75) is 57.8 Å². The summed E-state index contributed by atoms with van der Waals surface area (Å²) in [6.07, 6.45) is -0.390. The van der Waals surface area contributed by atoms with Gasteiger partial charge in [0.05, 0.1) is 29.0 Å². The number of pyridine rings is 2. The number of fused-ring (bicyclic) bond motifs is 5. The molecule has 0 spiro atoms. The third-order valence-electron chi connectivity index (χ3n) is 7.34. The molecule has 6 rings (SSSR count). The molecule has 0 radical (unpaired) electrons. The van der Waals surface area contributed by atoms with Crippen LogP contribution in [0.5, 0.6) is 0 Å². The van der Waals surface area contributed by atoms with Crippen LogP contribution in [0.4, 0.5) is 13.2 Å². The predicted molar refractivity (Wildman–Crippen MR) is 111 cm³/mol. The number of halogens is 3. The zero-order chi connectivity index (χ0) is 23.4. The molecule has 170 valence electrons. The smallest absolute Gasteiger partial charge is 0.343 e. The van der Waals surface area contributed by atoms with Crippen molar-refractivity contribution < 1.29 is 27.8 Å². The lowest BCUT2D eigenvalue weighted by Crippen LogP contribution is -2.44. The molecule has 3 aromatic rings. The molecule has 2 aliphatic heterocycles. The number of benzene rings is 1. The predicted octanol–water partition coefficient (Wildman–Crippen LogP) is 3.57. The number of alkyl halides is 2. The third kappa shape index (κ3) is 2.40. The number of hydrogen-bond acceptors (Lipinski definition) is 5. The van der Waals surface area contributed by atoms with Crippen molar-refractivity contribution >= 4 is 16.9 Å². The van der Waals surface area contributed by atoms with Crippen molar-refractivity contribution in [3.63, 3.8) is 0 Å². The second-order valence-electron chi connectivity index (χ2n) is 8.98. The highest BCUT2D eigenvalue weighted by atomic mass is 19.3. The first kappa shape index (κ1) is 20.4. The Bertz CT molecular complexity index is 1490. The summed E-state index contributed by atoms with van der Waals surface area (Å²) in [6.45, 7) is 2.82. The molecule has 2 aromatic heterocycles. The second kappa shape index (κ2) is 6.22. The van der Waals surface area contributed by atoms with Gasteiger partial charge in [0.1, 0.15) is 12.4 Å². The van der Waals surface area contributed by atoms with E-state index in [4.69, 9.17) is 4.74 Å². The standard InChI is InChI=1S/C24H19F3N2O4/c1-3-23(32)14-6-17-20-12(8-29(17)21(30)13(14)9-33-22(23)31)11-4-5-24(26,27)19-10(2)15(25)7-16(28-20)18(11)19/h6-7,32H,3-5,8-9H2,1-2H3/t23-/m0/s1. The lowest BCUT2D eigenvalue weighted by Gasteiger charge is -2.31. The minimum Gasteiger partial charge on any atom is -0.458 e. The van der Waals surface area contributed by atoms with Gasteiger partial charge in [0.15, 0.2) is 5.60 Å². The Morgan fingerprint density at radius 3 is 2.70 bits per heavy atom. The van der Waals surface area contributed by atoms with Crippen LogP contribution in [0.25, 0.3) is 22.3 Å². The van der Waals surface area contributed by atoms with E-state index in [0.717, 1.165) is 6.07 Å². The maximum Gasteiger partial charge on any atom is 0.343 e. The largest absolute Gasteiger partial charge is 0.458 e. The first-order valence-corrected chi connectivity index (χ1v) is 10.8. The molecule has 0 saturated heterocycles. The third-order valence-corrected chi connectivity index (χ3v) is 7.34. The van der Waals surface area contributed by atoms with Crippen LogP contribution >= 0.6 is 0 Å². The van der Waals surface area contributed by atoms with Crippen LogP contribution in [0.1, 0.15) is 53.1 Å². The molecule has 4 heterocycles. The minimum atomic E-state index is -3.18. The summed E-state index contributed by atoms with van der Waals surface area (Å²) >= 11 is 0. The van der Waals surface area contributed by atoms with Crippen LogP contribution in [0.15, 0.2) is 16.9 Å². The maximum atomic E-state index is 14.8. The summed E-state index contributed by atoms with van der Waals surface area (Å²) in [5.41, 5.74) is -0.346. The van der Waals surface area contributed by atoms with Crippen LogP contribution in [-0.2, 0) is 40.6 Å². The summed E-state index contributed by atoms with van der Waals surface area (Å²) in [5.74, 6) is -4.77. The highest BCUT2D eigenvalue weighted by Gasteiger charge is 2.46. The number of hydrogen-bond donors (Lipinski definition) is 1. The summed E-state index contributed by atoms with van der Waals surface area (Å²) < 4.78 is 50.8. The van der Waals surface area contributed by atoms with E-state index < -0.39 is 35.3 Å². The molecule has 9 heteroatoms. The van der Waals surface area contributed by atoms with Gasteiger partial charge in [0, 0.05) is 34.6 Å². The molecule has 0 fully saturated rings. The van der Waals surface area contributed by atoms with Gasteiger partial charge < -0.3 is 14.4 Å². The lowest BCUT2D eigenvalue weighted by atomic mass is 9.82. The molecule has 3 aliphatic rings. The van der Waals surface area contributed by atoms with Crippen molar-refractivity contribution in [3.8, 4) is 11.4 Å². The molecule has 0 amide bonds. The number of ether oxygens (including phenoxy) is 1. The Hall–Kier alpha value is -3.20. The fourth-order valence-corrected chi connectivity index (χ4v) is 5.54. The van der Waals surface area contributed by atoms with Crippen LogP contribution < -0.4 is 5.56 Å². The van der Waals surface area contributed by atoms with E-state index in [-0.39, 0.29) is 59.2 Å². The molecular formula is C24H19F3N2O4. The molecule has 0 bridgehead atoms. The minimum absolute atomic E-state index is 0.00785. The van der Waals surface area contributed by atoms with E-state index in [0.29, 0.717) is 22.5 Å². The molecule has 0 saturated carbocycles. The van der Waals surface area contributed by atoms with E-state index >= 15 is 0 Å². The summed E-state index contributed by atoms with van der Waals surface area (Å²) in [4.78, 5) is 30.2. The number of cyclic esters (lactones) is 1. The first-order chi connectivity index (χ1) is 15.6. The highest BCUT2D eigenvalue weighted by Crippen LogP contribution is 2.49. The fourth-order valence-electron chi connectivity index (χ4n) is 5.54. The van der Waals surface area contributed by atoms with E-state index in [1.54, 1.807) is 13.0 Å². The molecule has 33 heavy (non-hydrogen) atoms. The molecule has 1 aromatic carbocycles. The number of carbonyl (C=O) groups is 1. The molecule has 6 nitrogen and oxygen atoms in total. The Balaban J connectivity index is 1.69. The highest BCUT2D eigenvalue weighted by molar-refractivity contribution is 5.93. The molecule has 1 aliphatic carbocycles. The van der Waals surface area contributed by atoms with Crippen molar-refractivity contribution in [1.82, 2.24) is 9.55 Å². The Morgan fingerprint density at radius 1 is 1.21 bits per heavy atom. The Labute approximate surface area is 185 Å². The maximum absolute atomic E-state index is 14.8. The zero-order valence-corrected chi connectivity index (χ0v) is 17.9. The SMILES string of the molecule is CC[C@@]1(O)C(=O)OCc2c1cc1n(c2=O)Cc2c-1nc1cc(F)c(C)c3c1c2CCC3(F)F. The summed E-state index contributed by atoms with van der Waals surface area (Å²) in [6, 6.07) is 2.71. The van der Waals surface area contributed by atoms with Gasteiger partial charge in [-0.1, -0.05) is 6.92 Å². The number of nitrogens with zero attached hydrogens (tertiary/aromatic N) is 2. The molecule has 0 unspecified atom stereocenters. The number of carbonyl (C=O) groups excluding carboxylic acids is 1. The topological polar surface area (TPSA) is 81.4 Å². The Kier molecular flexibility index (Phi) is 3.85. The van der Waals surface area contributed by atoms with E-state index in [9.17, 15) is 27.9 Å². The zero-order valence-electron chi connectivity index (χ0n) is 17.9. The Morgan fingerprint density at radius 2 is 1.97 bits per heavy atom. The van der Waals surface area contributed by atoms with Crippen LogP contribution in [0, 0.1) is 12.7 Å². The van der Waals surface area contributed by atoms with Gasteiger partial charge in [-0.15, -0.1) is 0 Å². The van der Waals surface area contributed by atoms with Gasteiger partial charge in [-0.25, -0.2) is 22.9 Å². The van der Waals surface area contributed by atoms with Crippen molar-refractivity contribution in [1.29, 1.82) is 0 Å². The van der Waals surface area contributed by atoms with Gasteiger partial charge in [-0.3, -0.25) is 4.79 Å². The van der Waals surface area contributed by atoms with Crippen molar-refractivity contribution in [2.24, 2.45) is 0 Å².